The molecule has 2 unspecified atom stereocenters. The van der Waals surface area contributed by atoms with Crippen LogP contribution in [0.3, 0.4) is 0 Å². The molecule has 0 N–H and O–H groups in total. The van der Waals surface area contributed by atoms with Gasteiger partial charge >= 0.3 is 35.8 Å². The number of hydrogen-bond donors (Lipinski definition) is 0. The molecule has 16 heteroatoms. The summed E-state index contributed by atoms with van der Waals surface area (Å²) >= 11 is 0.465. The molecule has 2 atom stereocenters. The Balaban J connectivity index is 2.81. The van der Waals surface area contributed by atoms with Gasteiger partial charge < -0.3 is 9.47 Å². The molecule has 0 spiro atoms. The van der Waals surface area contributed by atoms with Crippen LogP contribution >= 0.6 is 11.8 Å². The van der Waals surface area contributed by atoms with Gasteiger partial charge in [-0.1, -0.05) is 0 Å². The molecule has 0 aromatic carbocycles. The molecule has 0 radical (unpaired) electrons. The van der Waals surface area contributed by atoms with Crippen molar-refractivity contribution in [3.05, 3.63) is 0 Å². The molecule has 2 nitrogen and oxygen atoms in total. The highest BCUT2D eigenvalue weighted by molar-refractivity contribution is 7.99. The fourth-order valence-corrected chi connectivity index (χ4v) is 2.89. The first-order valence-electron chi connectivity index (χ1n) is 7.99. The molecule has 0 aromatic rings. The minimum Gasteiger partial charge on any atom is -0.375 e. The maximum absolute atomic E-state index is 13.5. The summed E-state index contributed by atoms with van der Waals surface area (Å²) in [5, 5.41) is 0. The minimum absolute atomic E-state index is 0.118. The molecular formula is C14H15F13O2S. The Labute approximate surface area is 165 Å². The van der Waals surface area contributed by atoms with Crippen molar-refractivity contribution in [3.63, 3.8) is 0 Å². The van der Waals surface area contributed by atoms with Crippen molar-refractivity contribution in [3.8, 4) is 0 Å². The Hall–Kier alpha value is -0.640. The van der Waals surface area contributed by atoms with Gasteiger partial charge in [0.15, 0.2) is 0 Å². The lowest BCUT2D eigenvalue weighted by Gasteiger charge is -2.39. The number of alkyl halides is 13. The van der Waals surface area contributed by atoms with Crippen LogP contribution in [0.1, 0.15) is 13.3 Å². The van der Waals surface area contributed by atoms with Crippen LogP contribution in [0, 0.1) is 0 Å². The van der Waals surface area contributed by atoms with E-state index in [-0.39, 0.29) is 18.5 Å². The monoisotopic (exact) mass is 494 g/mol. The van der Waals surface area contributed by atoms with E-state index >= 15 is 0 Å². The van der Waals surface area contributed by atoms with E-state index in [9.17, 15) is 57.1 Å². The third-order valence-electron chi connectivity index (χ3n) is 3.88. The van der Waals surface area contributed by atoms with Crippen LogP contribution < -0.4 is 0 Å². The zero-order valence-electron chi connectivity index (χ0n) is 14.8. The van der Waals surface area contributed by atoms with Gasteiger partial charge in [0.05, 0.1) is 19.3 Å². The quantitative estimate of drug-likeness (QED) is 0.199. The van der Waals surface area contributed by atoms with Gasteiger partial charge in [0.25, 0.3) is 0 Å². The average Bonchev–Trinajstić information content (AvgIpc) is 3.39. The Morgan fingerprint density at radius 2 is 1.30 bits per heavy atom. The van der Waals surface area contributed by atoms with Crippen molar-refractivity contribution < 1.29 is 66.5 Å². The smallest absolute Gasteiger partial charge is 0.375 e. The van der Waals surface area contributed by atoms with Crippen LogP contribution in [0.4, 0.5) is 57.1 Å². The second kappa shape index (κ2) is 8.71. The van der Waals surface area contributed by atoms with Gasteiger partial charge in [-0.05, 0) is 12.7 Å². The van der Waals surface area contributed by atoms with Gasteiger partial charge in [-0.15, -0.1) is 0 Å². The maximum Gasteiger partial charge on any atom is 0.460 e. The van der Waals surface area contributed by atoms with Gasteiger partial charge in [0.2, 0.25) is 0 Å². The Kier molecular flexibility index (Phi) is 7.96. The van der Waals surface area contributed by atoms with E-state index in [2.05, 4.69) is 0 Å². The molecule has 0 amide bonds. The standard InChI is InChI=1S/C14H15F13O2S/c1-7(28-4-8-5-29-8)6-30-3-2-9(15,16)10(17,18)11(19,20)12(21,22)13(23,24)14(25,26)27/h7-8H,2-6H2,1H3. The van der Waals surface area contributed by atoms with E-state index in [1.807, 2.05) is 0 Å². The summed E-state index contributed by atoms with van der Waals surface area (Å²) in [5.41, 5.74) is 0. The molecule has 1 heterocycles. The van der Waals surface area contributed by atoms with Crippen LogP contribution in [-0.2, 0) is 9.47 Å². The summed E-state index contributed by atoms with van der Waals surface area (Å²) in [7, 11) is 0. The lowest BCUT2D eigenvalue weighted by Crippen LogP contribution is -2.70. The molecule has 0 aromatic heterocycles. The first-order chi connectivity index (χ1) is 13.2. The molecule has 0 bridgehead atoms. The van der Waals surface area contributed by atoms with Gasteiger partial charge in [-0.2, -0.15) is 68.8 Å². The molecule has 0 aliphatic carbocycles. The van der Waals surface area contributed by atoms with Crippen LogP contribution in [0.25, 0.3) is 0 Å². The zero-order valence-corrected chi connectivity index (χ0v) is 15.6. The Morgan fingerprint density at radius 3 is 1.73 bits per heavy atom. The summed E-state index contributed by atoms with van der Waals surface area (Å²) in [6.07, 6.45) is -10.4. The van der Waals surface area contributed by atoms with Crippen molar-refractivity contribution >= 4 is 11.8 Å². The second-order valence-corrected chi connectivity index (χ2v) is 7.57. The van der Waals surface area contributed by atoms with Crippen LogP contribution in [0.2, 0.25) is 0 Å². The van der Waals surface area contributed by atoms with Crippen molar-refractivity contribution in [2.75, 3.05) is 24.7 Å². The fraction of sp³-hybridized carbons (Fsp3) is 1.00. The van der Waals surface area contributed by atoms with Crippen molar-refractivity contribution in [2.45, 2.75) is 61.3 Å². The van der Waals surface area contributed by atoms with Gasteiger partial charge in [0.1, 0.15) is 6.10 Å². The number of thioether (sulfide) groups is 1. The van der Waals surface area contributed by atoms with Crippen LogP contribution in [0.15, 0.2) is 0 Å². The predicted molar refractivity (Wildman–Crippen MR) is 77.9 cm³/mol. The average molecular weight is 494 g/mol. The largest absolute Gasteiger partial charge is 0.460 e. The van der Waals surface area contributed by atoms with Gasteiger partial charge in [-0.3, -0.25) is 0 Å². The number of halogens is 13. The Bertz CT molecular complexity index is 575. The third kappa shape index (κ3) is 5.22. The highest BCUT2D eigenvalue weighted by Gasteiger charge is 2.90. The molecule has 1 aliphatic heterocycles. The van der Waals surface area contributed by atoms with E-state index in [0.29, 0.717) is 18.4 Å². The van der Waals surface area contributed by atoms with Crippen LogP contribution in [-0.4, -0.2) is 72.7 Å². The fourth-order valence-electron chi connectivity index (χ4n) is 1.89. The Morgan fingerprint density at radius 1 is 0.833 bits per heavy atom. The topological polar surface area (TPSA) is 21.8 Å². The lowest BCUT2D eigenvalue weighted by atomic mass is 9.93. The first-order valence-corrected chi connectivity index (χ1v) is 9.14. The molecule has 180 valence electrons. The summed E-state index contributed by atoms with van der Waals surface area (Å²) in [5.74, 6) is -37.7. The van der Waals surface area contributed by atoms with Crippen molar-refractivity contribution in [1.29, 1.82) is 0 Å². The van der Waals surface area contributed by atoms with E-state index < -0.39 is 54.1 Å². The zero-order chi connectivity index (χ0) is 23.8. The SMILES string of the molecule is CC(CSCCC(F)(F)C(F)(F)C(F)(F)C(F)(F)C(F)(F)C(F)(F)F)OCC1CO1. The molecule has 30 heavy (non-hydrogen) atoms. The molecule has 1 rings (SSSR count). The van der Waals surface area contributed by atoms with Gasteiger partial charge in [0, 0.05) is 12.2 Å². The predicted octanol–water partition coefficient (Wildman–Crippen LogP) is 5.65. The molecule has 1 saturated heterocycles. The third-order valence-corrected chi connectivity index (χ3v) is 5.08. The summed E-state index contributed by atoms with van der Waals surface area (Å²) in [4.78, 5) is 0. The number of ether oxygens (including phenoxy) is 2. The van der Waals surface area contributed by atoms with Crippen molar-refractivity contribution in [2.24, 2.45) is 0 Å². The highest BCUT2D eigenvalue weighted by Crippen LogP contribution is 2.60. The lowest BCUT2D eigenvalue weighted by molar-refractivity contribution is -0.439. The number of rotatable bonds is 12. The van der Waals surface area contributed by atoms with E-state index in [1.54, 1.807) is 0 Å². The van der Waals surface area contributed by atoms with Crippen LogP contribution in [0.5, 0.6) is 0 Å². The maximum atomic E-state index is 13.5. The summed E-state index contributed by atoms with van der Waals surface area (Å²) in [6.45, 7) is 2.02. The molecule has 1 fully saturated rings. The number of hydrogen-bond acceptors (Lipinski definition) is 3. The highest BCUT2D eigenvalue weighted by atomic mass is 32.2. The minimum atomic E-state index is -7.86. The first kappa shape index (κ1) is 27.4. The van der Waals surface area contributed by atoms with E-state index in [4.69, 9.17) is 9.47 Å². The molecule has 0 saturated carbocycles. The van der Waals surface area contributed by atoms with Crippen molar-refractivity contribution in [1.82, 2.24) is 0 Å². The summed E-state index contributed by atoms with van der Waals surface area (Å²) < 4.78 is 178. The number of epoxide rings is 1. The van der Waals surface area contributed by atoms with E-state index in [0.717, 1.165) is 0 Å². The molecule has 1 aliphatic rings. The molecular weight excluding hydrogens is 479 g/mol. The summed E-state index contributed by atoms with van der Waals surface area (Å²) in [6, 6.07) is 0. The second-order valence-electron chi connectivity index (χ2n) is 6.42. The van der Waals surface area contributed by atoms with Gasteiger partial charge in [-0.25, -0.2) is 0 Å². The normalized spacial score (nSPS) is 20.4. The van der Waals surface area contributed by atoms with E-state index in [1.165, 1.54) is 6.92 Å².